The van der Waals surface area contributed by atoms with E-state index < -0.39 is 0 Å². The highest BCUT2D eigenvalue weighted by molar-refractivity contribution is 5.25. The summed E-state index contributed by atoms with van der Waals surface area (Å²) in [5.74, 6) is 0.422. The fourth-order valence-electron chi connectivity index (χ4n) is 2.62. The predicted molar refractivity (Wildman–Crippen MR) is 100 cm³/mol. The molecule has 1 rings (SSSR count). The van der Waals surface area contributed by atoms with Gasteiger partial charge in [0.25, 0.3) is 0 Å². The van der Waals surface area contributed by atoms with Crippen molar-refractivity contribution < 1.29 is 4.74 Å². The normalized spacial score (nSPS) is 14.0. The minimum absolute atomic E-state index is 0.422. The van der Waals surface area contributed by atoms with Crippen molar-refractivity contribution in [2.24, 2.45) is 5.92 Å². The Morgan fingerprint density at radius 1 is 1.13 bits per heavy atom. The molecule has 0 amide bonds. The molecule has 1 aromatic rings. The van der Waals surface area contributed by atoms with E-state index in [1.54, 1.807) is 0 Å². The average molecular weight is 316 g/mol. The SMILES string of the molecule is CCC(/C=C/C(C)COCc1ccccc1)=C(\CC)N(C)CC. The Bertz CT molecular complexity index is 490. The Balaban J connectivity index is 2.54. The third-order valence-corrected chi connectivity index (χ3v) is 4.14. The van der Waals surface area contributed by atoms with Crippen molar-refractivity contribution in [3.63, 3.8) is 0 Å². The zero-order valence-corrected chi connectivity index (χ0v) is 15.5. The first-order valence-corrected chi connectivity index (χ1v) is 8.85. The van der Waals surface area contributed by atoms with E-state index in [1.807, 2.05) is 6.07 Å². The molecule has 0 N–H and O–H groups in total. The van der Waals surface area contributed by atoms with Gasteiger partial charge >= 0.3 is 0 Å². The number of ether oxygens (including phenoxy) is 1. The predicted octanol–water partition coefficient (Wildman–Crippen LogP) is 5.42. The Morgan fingerprint density at radius 2 is 1.83 bits per heavy atom. The van der Waals surface area contributed by atoms with Gasteiger partial charge in [0.1, 0.15) is 0 Å². The highest BCUT2D eigenvalue weighted by atomic mass is 16.5. The summed E-state index contributed by atoms with van der Waals surface area (Å²) in [5, 5.41) is 0. The molecule has 0 aliphatic rings. The molecule has 1 unspecified atom stereocenters. The van der Waals surface area contributed by atoms with Crippen molar-refractivity contribution in [2.75, 3.05) is 20.2 Å². The Kier molecular flexibility index (Phi) is 9.39. The molecule has 0 bridgehead atoms. The quantitative estimate of drug-likeness (QED) is 0.534. The van der Waals surface area contributed by atoms with Crippen LogP contribution in [0.4, 0.5) is 0 Å². The Hall–Kier alpha value is -1.54. The van der Waals surface area contributed by atoms with E-state index in [2.05, 4.69) is 76.1 Å². The molecule has 0 fully saturated rings. The third-order valence-electron chi connectivity index (χ3n) is 4.14. The Labute approximate surface area is 142 Å². The first-order valence-electron chi connectivity index (χ1n) is 8.85. The molecular weight excluding hydrogens is 282 g/mol. The first kappa shape index (κ1) is 19.5. The van der Waals surface area contributed by atoms with Gasteiger partial charge in [0.2, 0.25) is 0 Å². The molecule has 1 aromatic carbocycles. The van der Waals surface area contributed by atoms with Crippen molar-refractivity contribution in [1.29, 1.82) is 0 Å². The maximum Gasteiger partial charge on any atom is 0.0717 e. The minimum Gasteiger partial charge on any atom is -0.378 e. The van der Waals surface area contributed by atoms with Gasteiger partial charge in [-0.25, -0.2) is 0 Å². The molecule has 2 heteroatoms. The fourth-order valence-corrected chi connectivity index (χ4v) is 2.62. The van der Waals surface area contributed by atoms with E-state index in [9.17, 15) is 0 Å². The number of hydrogen-bond acceptors (Lipinski definition) is 2. The van der Waals surface area contributed by atoms with Crippen LogP contribution in [0.2, 0.25) is 0 Å². The third kappa shape index (κ3) is 7.04. The highest BCUT2D eigenvalue weighted by Gasteiger charge is 2.06. The zero-order valence-electron chi connectivity index (χ0n) is 15.5. The van der Waals surface area contributed by atoms with Gasteiger partial charge in [0.15, 0.2) is 0 Å². The van der Waals surface area contributed by atoms with Crippen LogP contribution in [0, 0.1) is 5.92 Å². The van der Waals surface area contributed by atoms with Crippen LogP contribution < -0.4 is 0 Å². The van der Waals surface area contributed by atoms with E-state index in [0.29, 0.717) is 12.5 Å². The average Bonchev–Trinajstić information content (AvgIpc) is 2.58. The second-order valence-corrected chi connectivity index (χ2v) is 6.03. The van der Waals surface area contributed by atoms with E-state index in [-0.39, 0.29) is 0 Å². The summed E-state index contributed by atoms with van der Waals surface area (Å²) in [5.41, 5.74) is 4.12. The van der Waals surface area contributed by atoms with Crippen molar-refractivity contribution in [3.8, 4) is 0 Å². The Morgan fingerprint density at radius 3 is 2.39 bits per heavy atom. The molecule has 0 aliphatic heterocycles. The molecule has 1 atom stereocenters. The van der Waals surface area contributed by atoms with Crippen LogP contribution in [-0.2, 0) is 11.3 Å². The number of nitrogens with zero attached hydrogens (tertiary/aromatic N) is 1. The molecule has 128 valence electrons. The van der Waals surface area contributed by atoms with Gasteiger partial charge in [0, 0.05) is 19.3 Å². The topological polar surface area (TPSA) is 12.5 Å². The summed E-state index contributed by atoms with van der Waals surface area (Å²) in [6, 6.07) is 10.3. The number of benzene rings is 1. The van der Waals surface area contributed by atoms with Crippen molar-refractivity contribution in [3.05, 3.63) is 59.3 Å². The van der Waals surface area contributed by atoms with Gasteiger partial charge in [-0.3, -0.25) is 0 Å². The molecule has 2 nitrogen and oxygen atoms in total. The highest BCUT2D eigenvalue weighted by Crippen LogP contribution is 2.18. The lowest BCUT2D eigenvalue weighted by Crippen LogP contribution is -2.18. The van der Waals surface area contributed by atoms with Crippen LogP contribution in [0.3, 0.4) is 0 Å². The largest absolute Gasteiger partial charge is 0.378 e. The van der Waals surface area contributed by atoms with E-state index in [0.717, 1.165) is 26.0 Å². The summed E-state index contributed by atoms with van der Waals surface area (Å²) >= 11 is 0. The molecule has 0 spiro atoms. The number of rotatable bonds is 10. The van der Waals surface area contributed by atoms with E-state index in [4.69, 9.17) is 4.74 Å². The van der Waals surface area contributed by atoms with Crippen LogP contribution in [0.25, 0.3) is 0 Å². The molecule has 0 saturated heterocycles. The summed E-state index contributed by atoms with van der Waals surface area (Å²) < 4.78 is 5.83. The summed E-state index contributed by atoms with van der Waals surface area (Å²) in [6.45, 7) is 11.4. The summed E-state index contributed by atoms with van der Waals surface area (Å²) in [6.07, 6.45) is 6.73. The smallest absolute Gasteiger partial charge is 0.0717 e. The van der Waals surface area contributed by atoms with Crippen LogP contribution in [0.15, 0.2) is 53.8 Å². The van der Waals surface area contributed by atoms with E-state index in [1.165, 1.54) is 16.8 Å². The fraction of sp³-hybridized carbons (Fsp3) is 0.524. The van der Waals surface area contributed by atoms with Gasteiger partial charge in [-0.2, -0.15) is 0 Å². The lowest BCUT2D eigenvalue weighted by Gasteiger charge is -2.22. The lowest BCUT2D eigenvalue weighted by molar-refractivity contribution is 0.104. The van der Waals surface area contributed by atoms with Crippen LogP contribution in [-0.4, -0.2) is 25.1 Å². The van der Waals surface area contributed by atoms with Gasteiger partial charge in [-0.1, -0.05) is 63.3 Å². The number of allylic oxidation sites excluding steroid dienone is 3. The maximum atomic E-state index is 5.83. The molecule has 0 aromatic heterocycles. The zero-order chi connectivity index (χ0) is 17.1. The molecule has 23 heavy (non-hydrogen) atoms. The first-order chi connectivity index (χ1) is 11.1. The van der Waals surface area contributed by atoms with Crippen LogP contribution >= 0.6 is 0 Å². The van der Waals surface area contributed by atoms with Crippen molar-refractivity contribution in [2.45, 2.75) is 47.1 Å². The maximum absolute atomic E-state index is 5.83. The van der Waals surface area contributed by atoms with Gasteiger partial charge in [-0.15, -0.1) is 0 Å². The van der Waals surface area contributed by atoms with Gasteiger partial charge in [0.05, 0.1) is 13.2 Å². The van der Waals surface area contributed by atoms with Crippen molar-refractivity contribution in [1.82, 2.24) is 4.90 Å². The number of hydrogen-bond donors (Lipinski definition) is 0. The van der Waals surface area contributed by atoms with Gasteiger partial charge in [-0.05, 0) is 36.8 Å². The summed E-state index contributed by atoms with van der Waals surface area (Å²) in [4.78, 5) is 2.35. The molecule has 0 heterocycles. The van der Waals surface area contributed by atoms with Crippen LogP contribution in [0.5, 0.6) is 0 Å². The van der Waals surface area contributed by atoms with Gasteiger partial charge < -0.3 is 9.64 Å². The second-order valence-electron chi connectivity index (χ2n) is 6.03. The molecule has 0 saturated carbocycles. The summed E-state index contributed by atoms with van der Waals surface area (Å²) in [7, 11) is 2.18. The van der Waals surface area contributed by atoms with Crippen molar-refractivity contribution >= 4 is 0 Å². The molecule has 0 aliphatic carbocycles. The molecule has 0 radical (unpaired) electrons. The molecular formula is C21H33NO. The monoisotopic (exact) mass is 315 g/mol. The lowest BCUT2D eigenvalue weighted by atomic mass is 10.0. The minimum atomic E-state index is 0.422. The van der Waals surface area contributed by atoms with E-state index >= 15 is 0 Å². The second kappa shape index (κ2) is 11.1. The standard InChI is InChI=1S/C21H33NO/c1-6-20(21(7-2)22(5)8-3)15-14-18(4)16-23-17-19-12-10-9-11-13-19/h9-15,18H,6-8,16-17H2,1-5H3/b15-14+,21-20-. The van der Waals surface area contributed by atoms with Crippen LogP contribution in [0.1, 0.15) is 46.1 Å².